The summed E-state index contributed by atoms with van der Waals surface area (Å²) in [7, 11) is 0. The molecule has 0 saturated carbocycles. The lowest BCUT2D eigenvalue weighted by Crippen LogP contribution is -2.43. The predicted octanol–water partition coefficient (Wildman–Crippen LogP) is 1.70. The summed E-state index contributed by atoms with van der Waals surface area (Å²) in [5, 5.41) is 4.10. The van der Waals surface area contributed by atoms with Crippen LogP contribution in [0.15, 0.2) is 18.2 Å². The maximum atomic E-state index is 6.29. The molecule has 3 rings (SSSR count). The number of aromatic nitrogens is 2. The first-order valence-electron chi connectivity index (χ1n) is 6.31. The van der Waals surface area contributed by atoms with Gasteiger partial charge in [-0.2, -0.15) is 0 Å². The number of aryl methyl sites for hydroxylation is 1. The SMILES string of the molecule is Cc1nc2cccc(Cl)n2c1CN1CCNCC1. The van der Waals surface area contributed by atoms with E-state index < -0.39 is 0 Å². The highest BCUT2D eigenvalue weighted by Crippen LogP contribution is 2.19. The third-order valence-electron chi connectivity index (χ3n) is 3.47. The van der Waals surface area contributed by atoms with Gasteiger partial charge in [0.15, 0.2) is 0 Å². The molecule has 0 bridgehead atoms. The fourth-order valence-electron chi connectivity index (χ4n) is 2.49. The second-order valence-electron chi connectivity index (χ2n) is 4.71. The molecule has 0 atom stereocenters. The summed E-state index contributed by atoms with van der Waals surface area (Å²) in [6.07, 6.45) is 0. The van der Waals surface area contributed by atoms with Crippen LogP contribution in [-0.4, -0.2) is 40.5 Å². The molecular weight excluding hydrogens is 248 g/mol. The third kappa shape index (κ3) is 2.11. The van der Waals surface area contributed by atoms with Crippen molar-refractivity contribution in [1.82, 2.24) is 19.6 Å². The highest BCUT2D eigenvalue weighted by Gasteiger charge is 2.16. The van der Waals surface area contributed by atoms with E-state index in [2.05, 4.69) is 26.5 Å². The zero-order valence-electron chi connectivity index (χ0n) is 10.5. The van der Waals surface area contributed by atoms with E-state index in [4.69, 9.17) is 11.6 Å². The molecule has 2 aromatic rings. The van der Waals surface area contributed by atoms with Crippen LogP contribution in [0.25, 0.3) is 5.65 Å². The predicted molar refractivity (Wildman–Crippen MR) is 73.1 cm³/mol. The van der Waals surface area contributed by atoms with Crippen LogP contribution in [0.2, 0.25) is 5.15 Å². The Hall–Kier alpha value is -1.10. The molecule has 4 nitrogen and oxygen atoms in total. The normalized spacial score (nSPS) is 17.4. The van der Waals surface area contributed by atoms with E-state index in [0.29, 0.717) is 0 Å². The average molecular weight is 265 g/mol. The number of nitrogens with zero attached hydrogens (tertiary/aromatic N) is 3. The Balaban J connectivity index is 1.97. The average Bonchev–Trinajstić information content (AvgIpc) is 2.69. The molecule has 1 aliphatic rings. The molecule has 1 saturated heterocycles. The summed E-state index contributed by atoms with van der Waals surface area (Å²) in [5.41, 5.74) is 3.21. The number of imidazole rings is 1. The summed E-state index contributed by atoms with van der Waals surface area (Å²) < 4.78 is 2.05. The Kier molecular flexibility index (Phi) is 3.24. The van der Waals surface area contributed by atoms with Gasteiger partial charge in [-0.3, -0.25) is 9.30 Å². The van der Waals surface area contributed by atoms with Crippen molar-refractivity contribution in [3.63, 3.8) is 0 Å². The fourth-order valence-corrected chi connectivity index (χ4v) is 2.75. The maximum Gasteiger partial charge on any atom is 0.138 e. The largest absolute Gasteiger partial charge is 0.314 e. The molecule has 1 N–H and O–H groups in total. The standard InChI is InChI=1S/C13H17ClN4/c1-10-11(9-17-7-5-15-6-8-17)18-12(14)3-2-4-13(18)16-10/h2-4,15H,5-9H2,1H3. The summed E-state index contributed by atoms with van der Waals surface area (Å²) >= 11 is 6.29. The number of hydrogen-bond acceptors (Lipinski definition) is 3. The zero-order chi connectivity index (χ0) is 12.5. The molecule has 0 amide bonds. The van der Waals surface area contributed by atoms with E-state index in [-0.39, 0.29) is 0 Å². The van der Waals surface area contributed by atoms with Crippen LogP contribution in [0.4, 0.5) is 0 Å². The first-order valence-corrected chi connectivity index (χ1v) is 6.69. The highest BCUT2D eigenvalue weighted by atomic mass is 35.5. The van der Waals surface area contributed by atoms with Crippen molar-refractivity contribution < 1.29 is 0 Å². The van der Waals surface area contributed by atoms with Gasteiger partial charge in [0.25, 0.3) is 0 Å². The first-order chi connectivity index (χ1) is 8.75. The molecule has 5 heteroatoms. The van der Waals surface area contributed by atoms with E-state index in [0.717, 1.165) is 49.2 Å². The van der Waals surface area contributed by atoms with Gasteiger partial charge in [-0.25, -0.2) is 4.98 Å². The van der Waals surface area contributed by atoms with Gasteiger partial charge in [-0.05, 0) is 19.1 Å². The number of pyridine rings is 1. The van der Waals surface area contributed by atoms with Crippen molar-refractivity contribution in [2.24, 2.45) is 0 Å². The van der Waals surface area contributed by atoms with Crippen LogP contribution in [0, 0.1) is 6.92 Å². The number of halogens is 1. The maximum absolute atomic E-state index is 6.29. The van der Waals surface area contributed by atoms with Crippen molar-refractivity contribution in [3.8, 4) is 0 Å². The molecule has 0 radical (unpaired) electrons. The van der Waals surface area contributed by atoms with E-state index in [1.807, 2.05) is 18.2 Å². The fraction of sp³-hybridized carbons (Fsp3) is 0.462. The molecule has 2 aromatic heterocycles. The van der Waals surface area contributed by atoms with E-state index in [1.165, 1.54) is 5.69 Å². The van der Waals surface area contributed by atoms with Gasteiger partial charge in [-0.15, -0.1) is 0 Å². The Bertz CT molecular complexity index is 557. The summed E-state index contributed by atoms with van der Waals surface area (Å²) in [6.45, 7) is 7.25. The third-order valence-corrected chi connectivity index (χ3v) is 3.77. The minimum atomic E-state index is 0.734. The quantitative estimate of drug-likeness (QED) is 0.838. The molecular formula is C13H17ClN4. The topological polar surface area (TPSA) is 32.6 Å². The number of nitrogens with one attached hydrogen (secondary N) is 1. The summed E-state index contributed by atoms with van der Waals surface area (Å²) in [6, 6.07) is 5.86. The van der Waals surface area contributed by atoms with Crippen LogP contribution in [0.5, 0.6) is 0 Å². The van der Waals surface area contributed by atoms with Crippen LogP contribution < -0.4 is 5.32 Å². The Morgan fingerprint density at radius 2 is 2.11 bits per heavy atom. The Labute approximate surface area is 112 Å². The lowest BCUT2D eigenvalue weighted by molar-refractivity contribution is 0.230. The van der Waals surface area contributed by atoms with Crippen molar-refractivity contribution >= 4 is 17.2 Å². The minimum absolute atomic E-state index is 0.734. The van der Waals surface area contributed by atoms with Crippen molar-refractivity contribution in [2.75, 3.05) is 26.2 Å². The highest BCUT2D eigenvalue weighted by molar-refractivity contribution is 6.29. The number of hydrogen-bond donors (Lipinski definition) is 1. The van der Waals surface area contributed by atoms with Gasteiger partial charge in [0.2, 0.25) is 0 Å². The van der Waals surface area contributed by atoms with E-state index >= 15 is 0 Å². The van der Waals surface area contributed by atoms with Crippen LogP contribution in [-0.2, 0) is 6.54 Å². The van der Waals surface area contributed by atoms with Crippen molar-refractivity contribution in [2.45, 2.75) is 13.5 Å². The summed E-state index contributed by atoms with van der Waals surface area (Å²) in [5.74, 6) is 0. The van der Waals surface area contributed by atoms with Gasteiger partial charge in [0.1, 0.15) is 10.8 Å². The van der Waals surface area contributed by atoms with Crippen molar-refractivity contribution in [3.05, 3.63) is 34.7 Å². The number of piperazine rings is 1. The smallest absolute Gasteiger partial charge is 0.138 e. The molecule has 0 aromatic carbocycles. The molecule has 0 aliphatic carbocycles. The monoisotopic (exact) mass is 264 g/mol. The van der Waals surface area contributed by atoms with Crippen LogP contribution in [0.3, 0.4) is 0 Å². The van der Waals surface area contributed by atoms with Crippen molar-refractivity contribution in [1.29, 1.82) is 0 Å². The molecule has 18 heavy (non-hydrogen) atoms. The lowest BCUT2D eigenvalue weighted by atomic mass is 10.3. The zero-order valence-corrected chi connectivity index (χ0v) is 11.2. The van der Waals surface area contributed by atoms with E-state index in [1.54, 1.807) is 0 Å². The molecule has 0 unspecified atom stereocenters. The molecule has 1 aliphatic heterocycles. The van der Waals surface area contributed by atoms with Gasteiger partial charge in [-0.1, -0.05) is 17.7 Å². The number of rotatable bonds is 2. The van der Waals surface area contributed by atoms with Crippen LogP contribution in [0.1, 0.15) is 11.4 Å². The second kappa shape index (κ2) is 4.88. The van der Waals surface area contributed by atoms with Gasteiger partial charge < -0.3 is 5.32 Å². The van der Waals surface area contributed by atoms with Crippen LogP contribution >= 0.6 is 11.6 Å². The Morgan fingerprint density at radius 1 is 1.33 bits per heavy atom. The second-order valence-corrected chi connectivity index (χ2v) is 5.10. The Morgan fingerprint density at radius 3 is 2.89 bits per heavy atom. The minimum Gasteiger partial charge on any atom is -0.314 e. The summed E-state index contributed by atoms with van der Waals surface area (Å²) in [4.78, 5) is 7.02. The number of fused-ring (bicyclic) bond motifs is 1. The van der Waals surface area contributed by atoms with Gasteiger partial charge >= 0.3 is 0 Å². The lowest BCUT2D eigenvalue weighted by Gasteiger charge is -2.27. The molecule has 1 fully saturated rings. The van der Waals surface area contributed by atoms with Gasteiger partial charge in [0.05, 0.1) is 11.4 Å². The van der Waals surface area contributed by atoms with E-state index in [9.17, 15) is 0 Å². The first kappa shape index (κ1) is 12.0. The molecule has 0 spiro atoms. The molecule has 3 heterocycles. The molecule has 96 valence electrons. The van der Waals surface area contributed by atoms with Gasteiger partial charge in [0, 0.05) is 32.7 Å².